The molecule has 0 rings (SSSR count). The lowest BCUT2D eigenvalue weighted by atomic mass is 10.5. The quantitative estimate of drug-likeness (QED) is 0.363. The average Bonchev–Trinajstić information content (AvgIpc) is 1.97. The molecule has 0 unspecified atom stereocenters. The zero-order valence-electron chi connectivity index (χ0n) is 6.72. The van der Waals surface area contributed by atoms with Gasteiger partial charge in [0.1, 0.15) is 6.61 Å². The molecule has 0 bridgehead atoms. The zero-order chi connectivity index (χ0) is 8.69. The van der Waals surface area contributed by atoms with E-state index in [1.807, 2.05) is 6.92 Å². The number of rotatable bonds is 5. The monoisotopic (exact) mass is 155 g/mol. The lowest BCUT2D eigenvalue weighted by Gasteiger charge is -2.04. The van der Waals surface area contributed by atoms with Crippen LogP contribution in [0.4, 0.5) is 0 Å². The van der Waals surface area contributed by atoms with Gasteiger partial charge in [0.05, 0.1) is 0 Å². The third kappa shape index (κ3) is 6.64. The van der Waals surface area contributed by atoms with Crippen molar-refractivity contribution >= 4 is 5.97 Å². The highest BCUT2D eigenvalue weighted by Gasteiger charge is 1.92. The molecule has 0 saturated carbocycles. The van der Waals surface area contributed by atoms with E-state index in [4.69, 9.17) is 0 Å². The Morgan fingerprint density at radius 1 is 1.73 bits per heavy atom. The fourth-order valence-electron chi connectivity index (χ4n) is 0.475. The second-order valence-corrected chi connectivity index (χ2v) is 2.08. The van der Waals surface area contributed by atoms with Crippen LogP contribution in [-0.4, -0.2) is 19.1 Å². The average molecular weight is 155 g/mol. The first-order valence-corrected chi connectivity index (χ1v) is 3.35. The molecule has 0 aromatic rings. The standard InChI is InChI=1S/C8H13NO2/c1-4-8(10)11-6-5-9-7(2)3/h4,9H,1-2,5-6H2,3H3. The SMILES string of the molecule is C=CC(=O)OCCNC(=C)C. The molecule has 3 nitrogen and oxygen atoms in total. The van der Waals surface area contributed by atoms with Crippen molar-refractivity contribution < 1.29 is 9.53 Å². The molecule has 0 spiro atoms. The van der Waals surface area contributed by atoms with Crippen LogP contribution < -0.4 is 5.32 Å². The first-order chi connectivity index (χ1) is 5.16. The van der Waals surface area contributed by atoms with Gasteiger partial charge in [0.2, 0.25) is 0 Å². The van der Waals surface area contributed by atoms with Crippen LogP contribution in [0, 0.1) is 0 Å². The zero-order valence-corrected chi connectivity index (χ0v) is 6.72. The molecule has 0 aliphatic carbocycles. The van der Waals surface area contributed by atoms with E-state index in [0.717, 1.165) is 11.8 Å². The Labute approximate surface area is 66.7 Å². The van der Waals surface area contributed by atoms with Crippen LogP contribution in [-0.2, 0) is 9.53 Å². The minimum Gasteiger partial charge on any atom is -0.461 e. The molecule has 1 N–H and O–H groups in total. The van der Waals surface area contributed by atoms with Crippen molar-refractivity contribution in [1.82, 2.24) is 5.32 Å². The molecule has 3 heteroatoms. The van der Waals surface area contributed by atoms with Crippen LogP contribution in [0.25, 0.3) is 0 Å². The lowest BCUT2D eigenvalue weighted by Crippen LogP contribution is -2.18. The maximum absolute atomic E-state index is 10.5. The van der Waals surface area contributed by atoms with Gasteiger partial charge in [-0.25, -0.2) is 4.79 Å². The number of carbonyl (C=O) groups is 1. The predicted octanol–water partition coefficient (Wildman–Crippen LogP) is 0.839. The molecular formula is C8H13NO2. The number of hydrogen-bond donors (Lipinski definition) is 1. The molecule has 0 saturated heterocycles. The van der Waals surface area contributed by atoms with Gasteiger partial charge in [-0.05, 0) is 6.92 Å². The van der Waals surface area contributed by atoms with Gasteiger partial charge in [-0.1, -0.05) is 13.2 Å². The molecule has 0 radical (unpaired) electrons. The van der Waals surface area contributed by atoms with E-state index in [9.17, 15) is 4.79 Å². The van der Waals surface area contributed by atoms with Crippen molar-refractivity contribution in [3.05, 3.63) is 24.9 Å². The topological polar surface area (TPSA) is 38.3 Å². The maximum atomic E-state index is 10.5. The largest absolute Gasteiger partial charge is 0.461 e. The van der Waals surface area contributed by atoms with Crippen LogP contribution in [0.5, 0.6) is 0 Å². The third-order valence-corrected chi connectivity index (χ3v) is 0.940. The molecule has 62 valence electrons. The van der Waals surface area contributed by atoms with Gasteiger partial charge in [0, 0.05) is 18.3 Å². The van der Waals surface area contributed by atoms with Gasteiger partial charge in [0.15, 0.2) is 0 Å². The van der Waals surface area contributed by atoms with Gasteiger partial charge in [-0.3, -0.25) is 0 Å². The Morgan fingerprint density at radius 3 is 2.82 bits per heavy atom. The van der Waals surface area contributed by atoms with Crippen LogP contribution >= 0.6 is 0 Å². The van der Waals surface area contributed by atoms with Gasteiger partial charge in [0.25, 0.3) is 0 Å². The van der Waals surface area contributed by atoms with Crippen molar-refractivity contribution in [2.24, 2.45) is 0 Å². The summed E-state index contributed by atoms with van der Waals surface area (Å²) in [6, 6.07) is 0. The van der Waals surface area contributed by atoms with Gasteiger partial charge in [-0.2, -0.15) is 0 Å². The number of esters is 1. The van der Waals surface area contributed by atoms with E-state index in [1.165, 1.54) is 0 Å². The summed E-state index contributed by atoms with van der Waals surface area (Å²) in [5.74, 6) is -0.395. The first-order valence-electron chi connectivity index (χ1n) is 3.35. The van der Waals surface area contributed by atoms with E-state index in [-0.39, 0.29) is 0 Å². The highest BCUT2D eigenvalue weighted by atomic mass is 16.5. The van der Waals surface area contributed by atoms with Crippen LogP contribution in [0.3, 0.4) is 0 Å². The molecule has 0 aromatic heterocycles. The van der Waals surface area contributed by atoms with Crippen LogP contribution in [0.15, 0.2) is 24.9 Å². The highest BCUT2D eigenvalue weighted by molar-refractivity contribution is 5.81. The van der Waals surface area contributed by atoms with Gasteiger partial charge in [-0.15, -0.1) is 0 Å². The van der Waals surface area contributed by atoms with E-state index in [2.05, 4.69) is 23.2 Å². The number of carbonyl (C=O) groups excluding carboxylic acids is 1. The Balaban J connectivity index is 3.21. The van der Waals surface area contributed by atoms with Crippen molar-refractivity contribution in [2.75, 3.05) is 13.2 Å². The third-order valence-electron chi connectivity index (χ3n) is 0.940. The summed E-state index contributed by atoms with van der Waals surface area (Å²) in [5.41, 5.74) is 0.861. The summed E-state index contributed by atoms with van der Waals surface area (Å²) < 4.78 is 4.68. The van der Waals surface area contributed by atoms with Crippen molar-refractivity contribution in [2.45, 2.75) is 6.92 Å². The molecule has 0 aliphatic rings. The predicted molar refractivity (Wildman–Crippen MR) is 44.0 cm³/mol. The molecule has 11 heavy (non-hydrogen) atoms. The second-order valence-electron chi connectivity index (χ2n) is 2.08. The van der Waals surface area contributed by atoms with Crippen molar-refractivity contribution in [3.8, 4) is 0 Å². The summed E-state index contributed by atoms with van der Waals surface area (Å²) in [5, 5.41) is 2.92. The van der Waals surface area contributed by atoms with E-state index >= 15 is 0 Å². The normalized spacial score (nSPS) is 8.45. The smallest absolute Gasteiger partial charge is 0.330 e. The highest BCUT2D eigenvalue weighted by Crippen LogP contribution is 1.80. The molecular weight excluding hydrogens is 142 g/mol. The second kappa shape index (κ2) is 5.53. The number of allylic oxidation sites excluding steroid dienone is 1. The van der Waals surface area contributed by atoms with E-state index in [0.29, 0.717) is 13.2 Å². The molecule has 0 aromatic carbocycles. The Bertz CT molecular complexity index is 163. The maximum Gasteiger partial charge on any atom is 0.330 e. The number of nitrogens with one attached hydrogen (secondary N) is 1. The van der Waals surface area contributed by atoms with Crippen LogP contribution in [0.2, 0.25) is 0 Å². The lowest BCUT2D eigenvalue weighted by molar-refractivity contribution is -0.137. The number of hydrogen-bond acceptors (Lipinski definition) is 3. The molecule has 0 aliphatic heterocycles. The van der Waals surface area contributed by atoms with Crippen molar-refractivity contribution in [3.63, 3.8) is 0 Å². The van der Waals surface area contributed by atoms with Crippen molar-refractivity contribution in [1.29, 1.82) is 0 Å². The summed E-state index contributed by atoms with van der Waals surface area (Å²) in [7, 11) is 0. The Morgan fingerprint density at radius 2 is 2.36 bits per heavy atom. The van der Waals surface area contributed by atoms with E-state index in [1.54, 1.807) is 0 Å². The van der Waals surface area contributed by atoms with Gasteiger partial charge < -0.3 is 10.1 Å². The first kappa shape index (κ1) is 9.75. The minimum atomic E-state index is -0.395. The molecule has 0 heterocycles. The fourth-order valence-corrected chi connectivity index (χ4v) is 0.475. The van der Waals surface area contributed by atoms with Gasteiger partial charge >= 0.3 is 5.97 Å². The summed E-state index contributed by atoms with van der Waals surface area (Å²) in [4.78, 5) is 10.5. The Kier molecular flexibility index (Phi) is 4.90. The Hall–Kier alpha value is -1.25. The van der Waals surface area contributed by atoms with E-state index < -0.39 is 5.97 Å². The molecule has 0 atom stereocenters. The molecule has 0 fully saturated rings. The minimum absolute atomic E-state index is 0.345. The summed E-state index contributed by atoms with van der Waals surface area (Å²) in [6.07, 6.45) is 1.14. The summed E-state index contributed by atoms with van der Waals surface area (Å²) in [6.45, 7) is 9.66. The van der Waals surface area contributed by atoms with Crippen LogP contribution in [0.1, 0.15) is 6.92 Å². The summed E-state index contributed by atoms with van der Waals surface area (Å²) >= 11 is 0. The fraction of sp³-hybridized carbons (Fsp3) is 0.375. The molecule has 0 amide bonds. The number of ether oxygens (including phenoxy) is 1.